The summed E-state index contributed by atoms with van der Waals surface area (Å²) in [6.07, 6.45) is -0.295. The van der Waals surface area contributed by atoms with Gasteiger partial charge in [-0.1, -0.05) is 13.8 Å². The van der Waals surface area contributed by atoms with E-state index in [-0.39, 0.29) is 52.0 Å². The van der Waals surface area contributed by atoms with Crippen LogP contribution in [0.5, 0.6) is 0 Å². The Labute approximate surface area is 210 Å². The molecule has 0 aromatic rings. The van der Waals surface area contributed by atoms with Gasteiger partial charge in [0.2, 0.25) is 0 Å². The summed E-state index contributed by atoms with van der Waals surface area (Å²) in [5.41, 5.74) is 0. The van der Waals surface area contributed by atoms with Crippen LogP contribution < -0.4 is 10.6 Å². The van der Waals surface area contributed by atoms with Crippen LogP contribution >= 0.6 is 7.60 Å². The summed E-state index contributed by atoms with van der Waals surface area (Å²) in [4.78, 5) is 64.1. The van der Waals surface area contributed by atoms with E-state index in [9.17, 15) is 28.8 Å². The SMILES string of the molecule is CCC(=O)OCC(COC(=O)NCCCCCOC(=O)NCCCC(C)(O)P(=O)(O)O)OC(=O)CC. The number of amides is 2. The summed E-state index contributed by atoms with van der Waals surface area (Å²) >= 11 is 0. The molecule has 0 aliphatic carbocycles. The van der Waals surface area contributed by atoms with Crippen LogP contribution in [0.1, 0.15) is 65.7 Å². The summed E-state index contributed by atoms with van der Waals surface area (Å²) in [6, 6.07) is 0. The Morgan fingerprint density at radius 2 is 1.39 bits per heavy atom. The minimum atomic E-state index is -4.65. The smallest absolute Gasteiger partial charge is 0.407 e. The van der Waals surface area contributed by atoms with Crippen LogP contribution in [-0.2, 0) is 33.1 Å². The van der Waals surface area contributed by atoms with Crippen molar-refractivity contribution in [1.82, 2.24) is 10.6 Å². The molecule has 14 nitrogen and oxygen atoms in total. The second-order valence-corrected chi connectivity index (χ2v) is 10.1. The summed E-state index contributed by atoms with van der Waals surface area (Å²) in [5.74, 6) is -0.980. The first kappa shape index (κ1) is 33.6. The van der Waals surface area contributed by atoms with Crippen LogP contribution in [0.3, 0.4) is 0 Å². The lowest BCUT2D eigenvalue weighted by atomic mass is 10.2. The van der Waals surface area contributed by atoms with Crippen LogP contribution in [-0.4, -0.2) is 83.4 Å². The molecular formula is C21H39N2O12P. The van der Waals surface area contributed by atoms with E-state index in [0.717, 1.165) is 6.92 Å². The fourth-order valence-corrected chi connectivity index (χ4v) is 2.91. The Hall–Kier alpha value is -2.41. The number of hydrogen-bond acceptors (Lipinski definition) is 10. The number of hydrogen-bond donors (Lipinski definition) is 5. The van der Waals surface area contributed by atoms with Gasteiger partial charge in [-0.2, -0.15) is 0 Å². The lowest BCUT2D eigenvalue weighted by Gasteiger charge is -2.24. The number of aliphatic hydroxyl groups is 1. The van der Waals surface area contributed by atoms with Crippen LogP contribution in [0.25, 0.3) is 0 Å². The Kier molecular flexibility index (Phi) is 16.7. The van der Waals surface area contributed by atoms with Gasteiger partial charge in [0.1, 0.15) is 13.2 Å². The first-order valence-corrected chi connectivity index (χ1v) is 13.4. The van der Waals surface area contributed by atoms with Crippen LogP contribution in [0.2, 0.25) is 0 Å². The van der Waals surface area contributed by atoms with Crippen molar-refractivity contribution in [3.05, 3.63) is 0 Å². The topological polar surface area (TPSA) is 207 Å². The number of rotatable bonds is 18. The van der Waals surface area contributed by atoms with Crippen LogP contribution in [0, 0.1) is 0 Å². The number of carbonyl (C=O) groups is 4. The predicted octanol–water partition coefficient (Wildman–Crippen LogP) is 1.55. The molecule has 15 heteroatoms. The van der Waals surface area contributed by atoms with Gasteiger partial charge in [0.05, 0.1) is 6.61 Å². The maximum atomic E-state index is 11.8. The van der Waals surface area contributed by atoms with Crippen LogP contribution in [0.4, 0.5) is 9.59 Å². The number of nitrogens with one attached hydrogen (secondary N) is 2. The van der Waals surface area contributed by atoms with Gasteiger partial charge >= 0.3 is 31.7 Å². The molecule has 210 valence electrons. The molecule has 0 saturated carbocycles. The average Bonchev–Trinajstić information content (AvgIpc) is 2.81. The van der Waals surface area contributed by atoms with Crippen molar-refractivity contribution in [3.8, 4) is 0 Å². The van der Waals surface area contributed by atoms with E-state index >= 15 is 0 Å². The van der Waals surface area contributed by atoms with Crippen molar-refractivity contribution < 1.29 is 57.6 Å². The van der Waals surface area contributed by atoms with Crippen molar-refractivity contribution in [2.75, 3.05) is 32.9 Å². The number of carbonyl (C=O) groups excluding carboxylic acids is 4. The minimum absolute atomic E-state index is 0.0839. The number of esters is 2. The maximum absolute atomic E-state index is 11.8. The standard InChI is InChI=1S/C21H39N2O12P/c1-4-17(24)33-14-16(35-18(25)5-2)15-34-20(27)22-11-7-6-8-13-32-19(26)23-12-9-10-21(3,28)36(29,30)31/h16,28H,4-15H2,1-3H3,(H,22,27)(H,23,26)(H2,29,30,31). The zero-order valence-corrected chi connectivity index (χ0v) is 21.9. The molecular weight excluding hydrogens is 503 g/mol. The van der Waals surface area contributed by atoms with E-state index in [1.54, 1.807) is 13.8 Å². The number of unbranched alkanes of at least 4 members (excludes halogenated alkanes) is 2. The van der Waals surface area contributed by atoms with E-state index < -0.39 is 43.2 Å². The second kappa shape index (κ2) is 17.9. The molecule has 0 aliphatic heterocycles. The molecule has 0 spiro atoms. The quantitative estimate of drug-likeness (QED) is 0.0723. The Morgan fingerprint density at radius 3 is 1.97 bits per heavy atom. The van der Waals surface area contributed by atoms with E-state index in [4.69, 9.17) is 28.7 Å². The third kappa shape index (κ3) is 16.3. The van der Waals surface area contributed by atoms with Gasteiger partial charge in [-0.25, -0.2) is 9.59 Å². The van der Waals surface area contributed by atoms with Crippen molar-refractivity contribution >= 4 is 31.7 Å². The van der Waals surface area contributed by atoms with E-state index in [1.807, 2.05) is 0 Å². The molecule has 0 aromatic heterocycles. The summed E-state index contributed by atoms with van der Waals surface area (Å²) < 4.78 is 31.1. The van der Waals surface area contributed by atoms with E-state index in [0.29, 0.717) is 25.8 Å². The Balaban J connectivity index is 3.91. The summed E-state index contributed by atoms with van der Waals surface area (Å²) in [7, 11) is -4.65. The van der Waals surface area contributed by atoms with Gasteiger partial charge in [0.25, 0.3) is 0 Å². The van der Waals surface area contributed by atoms with Gasteiger partial charge < -0.3 is 44.5 Å². The van der Waals surface area contributed by atoms with Gasteiger partial charge in [0, 0.05) is 25.9 Å². The van der Waals surface area contributed by atoms with Crippen molar-refractivity contribution in [2.45, 2.75) is 77.2 Å². The van der Waals surface area contributed by atoms with E-state index in [1.165, 1.54) is 0 Å². The largest absolute Gasteiger partial charge is 0.462 e. The second-order valence-electron chi connectivity index (χ2n) is 8.02. The fraction of sp³-hybridized carbons (Fsp3) is 0.810. The third-order valence-corrected chi connectivity index (χ3v) is 6.23. The van der Waals surface area contributed by atoms with Gasteiger partial charge in [-0.05, 0) is 39.0 Å². The highest BCUT2D eigenvalue weighted by atomic mass is 31.2. The van der Waals surface area contributed by atoms with Crippen molar-refractivity contribution in [1.29, 1.82) is 0 Å². The molecule has 0 saturated heterocycles. The highest BCUT2D eigenvalue weighted by molar-refractivity contribution is 7.53. The first-order chi connectivity index (χ1) is 16.8. The number of ether oxygens (including phenoxy) is 4. The minimum Gasteiger partial charge on any atom is -0.462 e. The normalized spacial score (nSPS) is 13.6. The molecule has 2 amide bonds. The number of alkyl carbamates (subject to hydrolysis) is 2. The van der Waals surface area contributed by atoms with Gasteiger partial charge in [-0.3, -0.25) is 14.2 Å². The third-order valence-electron chi connectivity index (χ3n) is 4.75. The Morgan fingerprint density at radius 1 is 0.833 bits per heavy atom. The lowest BCUT2D eigenvalue weighted by molar-refractivity contribution is -0.161. The van der Waals surface area contributed by atoms with E-state index in [2.05, 4.69) is 10.6 Å². The molecule has 0 aromatic carbocycles. The highest BCUT2D eigenvalue weighted by Gasteiger charge is 2.39. The highest BCUT2D eigenvalue weighted by Crippen LogP contribution is 2.50. The Bertz CT molecular complexity index is 740. The molecule has 0 radical (unpaired) electrons. The predicted molar refractivity (Wildman–Crippen MR) is 126 cm³/mol. The first-order valence-electron chi connectivity index (χ1n) is 11.8. The maximum Gasteiger partial charge on any atom is 0.407 e. The van der Waals surface area contributed by atoms with Crippen molar-refractivity contribution in [3.63, 3.8) is 0 Å². The van der Waals surface area contributed by atoms with Crippen LogP contribution in [0.15, 0.2) is 0 Å². The fourth-order valence-electron chi connectivity index (χ4n) is 2.46. The lowest BCUT2D eigenvalue weighted by Crippen LogP contribution is -2.33. The molecule has 0 rings (SSSR count). The summed E-state index contributed by atoms with van der Waals surface area (Å²) in [6.45, 7) is 4.30. The zero-order valence-electron chi connectivity index (χ0n) is 21.0. The monoisotopic (exact) mass is 542 g/mol. The summed E-state index contributed by atoms with van der Waals surface area (Å²) in [5, 5.41) is 12.5. The zero-order chi connectivity index (χ0) is 27.6. The molecule has 36 heavy (non-hydrogen) atoms. The molecule has 0 fully saturated rings. The molecule has 2 atom stereocenters. The molecule has 0 aliphatic rings. The van der Waals surface area contributed by atoms with Gasteiger partial charge in [-0.15, -0.1) is 0 Å². The molecule has 2 unspecified atom stereocenters. The van der Waals surface area contributed by atoms with Crippen molar-refractivity contribution in [2.24, 2.45) is 0 Å². The molecule has 0 heterocycles. The van der Waals surface area contributed by atoms with Gasteiger partial charge in [0.15, 0.2) is 11.4 Å². The molecule has 5 N–H and O–H groups in total. The molecule has 0 bridgehead atoms. The average molecular weight is 543 g/mol.